The molecule has 122 valence electrons. The minimum absolute atomic E-state index is 0.0114. The quantitative estimate of drug-likeness (QED) is 0.848. The van der Waals surface area contributed by atoms with Gasteiger partial charge in [-0.3, -0.25) is 9.59 Å². The molecule has 0 fully saturated rings. The summed E-state index contributed by atoms with van der Waals surface area (Å²) >= 11 is 0. The fourth-order valence-corrected chi connectivity index (χ4v) is 2.11. The third-order valence-electron chi connectivity index (χ3n) is 3.33. The summed E-state index contributed by atoms with van der Waals surface area (Å²) < 4.78 is 0. The Morgan fingerprint density at radius 3 is 2.18 bits per heavy atom. The molecule has 1 aromatic carbocycles. The molecule has 1 rings (SSSR count). The predicted octanol–water partition coefficient (Wildman–Crippen LogP) is 3.05. The highest BCUT2D eigenvalue weighted by molar-refractivity contribution is 5.87. The molecule has 1 atom stereocenters. The summed E-state index contributed by atoms with van der Waals surface area (Å²) in [5.41, 5.74) is 0.600. The Labute approximate surface area is 133 Å². The summed E-state index contributed by atoms with van der Waals surface area (Å²) in [6.45, 7) is 9.74. The predicted molar refractivity (Wildman–Crippen MR) is 89.2 cm³/mol. The first kappa shape index (κ1) is 18.2. The lowest BCUT2D eigenvalue weighted by atomic mass is 9.95. The van der Waals surface area contributed by atoms with Crippen molar-refractivity contribution in [3.05, 3.63) is 35.9 Å². The third-order valence-corrected chi connectivity index (χ3v) is 3.33. The average molecular weight is 304 g/mol. The number of hydrogen-bond acceptors (Lipinski definition) is 2. The molecule has 0 heterocycles. The molecule has 4 heteroatoms. The Morgan fingerprint density at radius 2 is 1.68 bits per heavy atom. The zero-order chi connectivity index (χ0) is 16.8. The molecule has 0 saturated carbocycles. The van der Waals surface area contributed by atoms with Crippen molar-refractivity contribution in [2.24, 2.45) is 11.3 Å². The molecule has 1 aromatic rings. The fraction of sp³-hybridized carbons (Fsp3) is 0.556. The second-order valence-electron chi connectivity index (χ2n) is 7.09. The van der Waals surface area contributed by atoms with E-state index in [0.29, 0.717) is 5.92 Å². The number of benzene rings is 1. The zero-order valence-electron chi connectivity index (χ0n) is 14.3. The number of hydrogen-bond donors (Lipinski definition) is 2. The van der Waals surface area contributed by atoms with E-state index in [1.165, 1.54) is 0 Å². The van der Waals surface area contributed by atoms with Crippen LogP contribution < -0.4 is 10.6 Å². The number of rotatable bonds is 6. The highest BCUT2D eigenvalue weighted by Crippen LogP contribution is 2.20. The van der Waals surface area contributed by atoms with E-state index in [2.05, 4.69) is 24.5 Å². The molecule has 0 bridgehead atoms. The van der Waals surface area contributed by atoms with Gasteiger partial charge in [-0.1, -0.05) is 65.0 Å². The first-order valence-corrected chi connectivity index (χ1v) is 7.82. The van der Waals surface area contributed by atoms with Crippen molar-refractivity contribution in [1.82, 2.24) is 10.6 Å². The van der Waals surface area contributed by atoms with Crippen molar-refractivity contribution < 1.29 is 9.59 Å². The molecule has 0 aliphatic heterocycles. The van der Waals surface area contributed by atoms with E-state index in [0.717, 1.165) is 12.0 Å². The lowest BCUT2D eigenvalue weighted by Gasteiger charge is -2.22. The van der Waals surface area contributed by atoms with Gasteiger partial charge in [-0.15, -0.1) is 0 Å². The van der Waals surface area contributed by atoms with E-state index < -0.39 is 5.41 Å². The van der Waals surface area contributed by atoms with Gasteiger partial charge in [0.05, 0.1) is 12.6 Å². The van der Waals surface area contributed by atoms with Gasteiger partial charge in [0.2, 0.25) is 11.8 Å². The van der Waals surface area contributed by atoms with Crippen LogP contribution in [0.1, 0.15) is 52.6 Å². The van der Waals surface area contributed by atoms with Crippen LogP contribution in [0, 0.1) is 11.3 Å². The Balaban J connectivity index is 2.63. The van der Waals surface area contributed by atoms with Gasteiger partial charge in [-0.05, 0) is 17.9 Å². The summed E-state index contributed by atoms with van der Waals surface area (Å²) in [4.78, 5) is 23.9. The van der Waals surface area contributed by atoms with Gasteiger partial charge in [-0.25, -0.2) is 0 Å². The van der Waals surface area contributed by atoms with E-state index in [4.69, 9.17) is 0 Å². The number of carbonyl (C=O) groups is 2. The van der Waals surface area contributed by atoms with Gasteiger partial charge in [0.1, 0.15) is 0 Å². The molecule has 2 amide bonds. The molecule has 0 radical (unpaired) electrons. The van der Waals surface area contributed by atoms with Crippen molar-refractivity contribution in [2.75, 3.05) is 6.54 Å². The SMILES string of the molecule is CC(C)CC(NC(=O)CNC(=O)C(C)(C)C)c1ccccc1. The van der Waals surface area contributed by atoms with Gasteiger partial charge in [0.25, 0.3) is 0 Å². The van der Waals surface area contributed by atoms with Gasteiger partial charge in [0.15, 0.2) is 0 Å². The van der Waals surface area contributed by atoms with Crippen LogP contribution in [0.3, 0.4) is 0 Å². The van der Waals surface area contributed by atoms with Crippen molar-refractivity contribution in [1.29, 1.82) is 0 Å². The summed E-state index contributed by atoms with van der Waals surface area (Å²) in [6, 6.07) is 9.90. The molecule has 1 unspecified atom stereocenters. The highest BCUT2D eigenvalue weighted by Gasteiger charge is 2.22. The van der Waals surface area contributed by atoms with Gasteiger partial charge < -0.3 is 10.6 Å². The van der Waals surface area contributed by atoms with Crippen molar-refractivity contribution >= 4 is 11.8 Å². The van der Waals surface area contributed by atoms with Crippen LogP contribution in [0.25, 0.3) is 0 Å². The second kappa shape index (κ2) is 7.97. The molecular weight excluding hydrogens is 276 g/mol. The van der Waals surface area contributed by atoms with Gasteiger partial charge in [0, 0.05) is 5.41 Å². The third kappa shape index (κ3) is 6.29. The maximum absolute atomic E-state index is 12.1. The normalized spacial score (nSPS) is 12.8. The van der Waals surface area contributed by atoms with E-state index in [9.17, 15) is 9.59 Å². The van der Waals surface area contributed by atoms with Gasteiger partial charge >= 0.3 is 0 Å². The van der Waals surface area contributed by atoms with Crippen LogP contribution in [0.4, 0.5) is 0 Å². The lowest BCUT2D eigenvalue weighted by molar-refractivity contribution is -0.131. The molecule has 22 heavy (non-hydrogen) atoms. The van der Waals surface area contributed by atoms with Crippen LogP contribution in [-0.4, -0.2) is 18.4 Å². The first-order valence-electron chi connectivity index (χ1n) is 7.82. The second-order valence-corrected chi connectivity index (χ2v) is 7.09. The monoisotopic (exact) mass is 304 g/mol. The largest absolute Gasteiger partial charge is 0.348 e. The summed E-state index contributed by atoms with van der Waals surface area (Å²) in [6.07, 6.45) is 0.864. The zero-order valence-corrected chi connectivity index (χ0v) is 14.3. The van der Waals surface area contributed by atoms with Crippen LogP contribution in [0.2, 0.25) is 0 Å². The summed E-state index contributed by atoms with van der Waals surface area (Å²) in [7, 11) is 0. The minimum Gasteiger partial charge on any atom is -0.348 e. The molecule has 4 nitrogen and oxygen atoms in total. The number of amides is 2. The summed E-state index contributed by atoms with van der Waals surface area (Å²) in [5, 5.41) is 5.70. The van der Waals surface area contributed by atoms with E-state index >= 15 is 0 Å². The van der Waals surface area contributed by atoms with Crippen molar-refractivity contribution in [2.45, 2.75) is 47.1 Å². The highest BCUT2D eigenvalue weighted by atomic mass is 16.2. The molecule has 0 aromatic heterocycles. The topological polar surface area (TPSA) is 58.2 Å². The molecule has 0 aliphatic carbocycles. The average Bonchev–Trinajstić information content (AvgIpc) is 2.43. The number of nitrogens with one attached hydrogen (secondary N) is 2. The van der Waals surface area contributed by atoms with Crippen LogP contribution in [0.15, 0.2) is 30.3 Å². The molecule has 0 spiro atoms. The van der Waals surface area contributed by atoms with Crippen molar-refractivity contribution in [3.63, 3.8) is 0 Å². The molecule has 0 saturated heterocycles. The maximum Gasteiger partial charge on any atom is 0.239 e. The van der Waals surface area contributed by atoms with Crippen LogP contribution in [-0.2, 0) is 9.59 Å². The molecule has 2 N–H and O–H groups in total. The Hall–Kier alpha value is -1.84. The lowest BCUT2D eigenvalue weighted by Crippen LogP contribution is -2.42. The van der Waals surface area contributed by atoms with Crippen LogP contribution in [0.5, 0.6) is 0 Å². The summed E-state index contributed by atoms with van der Waals surface area (Å²) in [5.74, 6) is 0.185. The number of carbonyl (C=O) groups excluding carboxylic acids is 2. The van der Waals surface area contributed by atoms with Crippen molar-refractivity contribution in [3.8, 4) is 0 Å². The standard InChI is InChI=1S/C18H28N2O2/c1-13(2)11-15(14-9-7-6-8-10-14)20-16(21)12-19-17(22)18(3,4)5/h6-10,13,15H,11-12H2,1-5H3,(H,19,22)(H,20,21). The smallest absolute Gasteiger partial charge is 0.239 e. The van der Waals surface area contributed by atoms with E-state index in [-0.39, 0.29) is 24.4 Å². The Bertz CT molecular complexity index is 490. The minimum atomic E-state index is -0.489. The first-order chi connectivity index (χ1) is 10.2. The fourth-order valence-electron chi connectivity index (χ4n) is 2.11. The molecule has 0 aliphatic rings. The maximum atomic E-state index is 12.1. The van der Waals surface area contributed by atoms with Gasteiger partial charge in [-0.2, -0.15) is 0 Å². The van der Waals surface area contributed by atoms with E-state index in [1.807, 2.05) is 51.1 Å². The molecular formula is C18H28N2O2. The van der Waals surface area contributed by atoms with Crippen LogP contribution >= 0.6 is 0 Å². The van der Waals surface area contributed by atoms with E-state index in [1.54, 1.807) is 0 Å². The Morgan fingerprint density at radius 1 is 1.09 bits per heavy atom. The Kier molecular flexibility index (Phi) is 6.60.